The van der Waals surface area contributed by atoms with Crippen LogP contribution in [0.5, 0.6) is 17.2 Å². The lowest BCUT2D eigenvalue weighted by molar-refractivity contribution is -0.159. The molecule has 0 aliphatic carbocycles. The van der Waals surface area contributed by atoms with E-state index in [4.69, 9.17) is 23.7 Å². The fourth-order valence-electron chi connectivity index (χ4n) is 3.49. The molecular formula is C28H27NO10. The molecule has 3 aromatic rings. The van der Waals surface area contributed by atoms with Crippen molar-refractivity contribution in [1.29, 1.82) is 0 Å². The second-order valence-corrected chi connectivity index (χ2v) is 7.98. The summed E-state index contributed by atoms with van der Waals surface area (Å²) in [6.45, 7) is -0.0910. The van der Waals surface area contributed by atoms with E-state index < -0.39 is 36.0 Å². The van der Waals surface area contributed by atoms with Crippen molar-refractivity contribution in [1.82, 2.24) is 5.32 Å². The van der Waals surface area contributed by atoms with Gasteiger partial charge in [-0.15, -0.1) is 0 Å². The molecule has 0 radical (unpaired) electrons. The van der Waals surface area contributed by atoms with Crippen LogP contribution in [0.1, 0.15) is 26.3 Å². The largest absolute Gasteiger partial charge is 0.497 e. The average Bonchev–Trinajstić information content (AvgIpc) is 2.97. The molecule has 0 fully saturated rings. The minimum Gasteiger partial charge on any atom is -0.497 e. The Hall–Kier alpha value is -5.06. The minimum atomic E-state index is -2.18. The van der Waals surface area contributed by atoms with Gasteiger partial charge in [-0.3, -0.25) is 4.79 Å². The molecule has 0 saturated carbocycles. The van der Waals surface area contributed by atoms with Gasteiger partial charge < -0.3 is 34.1 Å². The normalized spacial score (nSPS) is 11.9. The van der Waals surface area contributed by atoms with Crippen LogP contribution in [0.25, 0.3) is 0 Å². The average molecular weight is 538 g/mol. The number of carboxylic acids is 1. The molecule has 0 spiro atoms. The Kier molecular flexibility index (Phi) is 9.85. The van der Waals surface area contributed by atoms with Crippen LogP contribution in [0.2, 0.25) is 0 Å². The summed E-state index contributed by atoms with van der Waals surface area (Å²) in [5, 5.41) is 12.4. The Morgan fingerprint density at radius 2 is 1.26 bits per heavy atom. The maximum atomic E-state index is 13.2. The Morgan fingerprint density at radius 3 is 1.77 bits per heavy atom. The zero-order chi connectivity index (χ0) is 28.4. The zero-order valence-electron chi connectivity index (χ0n) is 21.4. The summed E-state index contributed by atoms with van der Waals surface area (Å²) in [6.07, 6.45) is -4.23. The number of amides is 1. The van der Waals surface area contributed by atoms with E-state index in [2.05, 4.69) is 5.32 Å². The maximum absolute atomic E-state index is 13.2. The number of nitrogens with one attached hydrogen (secondary N) is 1. The van der Waals surface area contributed by atoms with Crippen molar-refractivity contribution in [2.24, 2.45) is 0 Å². The van der Waals surface area contributed by atoms with Crippen molar-refractivity contribution in [3.8, 4) is 17.2 Å². The van der Waals surface area contributed by atoms with E-state index in [1.54, 1.807) is 36.4 Å². The highest BCUT2D eigenvalue weighted by Gasteiger charge is 2.41. The summed E-state index contributed by atoms with van der Waals surface area (Å²) in [6, 6.07) is 18.5. The third-order valence-corrected chi connectivity index (χ3v) is 5.50. The molecule has 2 atom stereocenters. The number of hydrogen-bond acceptors (Lipinski definition) is 9. The van der Waals surface area contributed by atoms with Gasteiger partial charge in [-0.05, 0) is 42.5 Å². The van der Waals surface area contributed by atoms with Gasteiger partial charge in [0.25, 0.3) is 5.91 Å². The summed E-state index contributed by atoms with van der Waals surface area (Å²) in [4.78, 5) is 51.2. The van der Waals surface area contributed by atoms with Crippen molar-refractivity contribution in [3.05, 3.63) is 89.5 Å². The van der Waals surface area contributed by atoms with Crippen molar-refractivity contribution in [2.75, 3.05) is 21.3 Å². The first-order valence-electron chi connectivity index (χ1n) is 11.6. The number of methoxy groups -OCH3 is 3. The number of carbonyl (C=O) groups excluding carboxylic acids is 3. The van der Waals surface area contributed by atoms with E-state index >= 15 is 0 Å². The highest BCUT2D eigenvalue weighted by Crippen LogP contribution is 2.20. The molecule has 0 heterocycles. The third-order valence-electron chi connectivity index (χ3n) is 5.50. The fourth-order valence-corrected chi connectivity index (χ4v) is 3.49. The Balaban J connectivity index is 1.90. The van der Waals surface area contributed by atoms with E-state index in [1.807, 2.05) is 0 Å². The first-order chi connectivity index (χ1) is 18.8. The minimum absolute atomic E-state index is 0.0138. The second-order valence-electron chi connectivity index (χ2n) is 7.98. The second kappa shape index (κ2) is 13.5. The molecule has 11 nitrogen and oxygen atoms in total. The number of carboxylic acid groups (broad SMARTS) is 1. The molecule has 1 amide bonds. The maximum Gasteiger partial charge on any atom is 0.349 e. The zero-order valence-corrected chi connectivity index (χ0v) is 21.4. The van der Waals surface area contributed by atoms with Crippen molar-refractivity contribution in [3.63, 3.8) is 0 Å². The summed E-state index contributed by atoms with van der Waals surface area (Å²) in [5.74, 6) is -3.68. The molecule has 0 bridgehead atoms. The third kappa shape index (κ3) is 7.48. The summed E-state index contributed by atoms with van der Waals surface area (Å²) < 4.78 is 26.0. The van der Waals surface area contributed by atoms with Gasteiger partial charge in [0.1, 0.15) is 17.2 Å². The Morgan fingerprint density at radius 1 is 0.718 bits per heavy atom. The Labute approximate surface area is 224 Å². The van der Waals surface area contributed by atoms with Gasteiger partial charge in [0.2, 0.25) is 12.2 Å². The molecule has 0 aliphatic rings. The van der Waals surface area contributed by atoms with Crippen LogP contribution in [0.3, 0.4) is 0 Å². The highest BCUT2D eigenvalue weighted by atomic mass is 16.6. The van der Waals surface area contributed by atoms with Crippen molar-refractivity contribution < 1.29 is 48.0 Å². The Bertz CT molecular complexity index is 1340. The van der Waals surface area contributed by atoms with Crippen LogP contribution in [0, 0.1) is 0 Å². The van der Waals surface area contributed by atoms with E-state index in [0.717, 1.165) is 0 Å². The fraction of sp³-hybridized carbons (Fsp3) is 0.214. The molecule has 204 valence electrons. The molecule has 0 aromatic heterocycles. The number of para-hydroxylation sites is 1. The highest BCUT2D eigenvalue weighted by molar-refractivity contribution is 5.97. The molecular weight excluding hydrogens is 510 g/mol. The molecule has 3 rings (SSSR count). The molecule has 11 heteroatoms. The van der Waals surface area contributed by atoms with Gasteiger partial charge >= 0.3 is 17.9 Å². The van der Waals surface area contributed by atoms with Crippen LogP contribution < -0.4 is 19.5 Å². The summed E-state index contributed by atoms with van der Waals surface area (Å²) >= 11 is 0. The SMILES string of the molecule is COc1cccc(C(=O)O[C@H](C(=O)O)[C@@H](OC(=O)c2cccc(OC)c2)C(=O)NCc2ccccc2OC)c1. The predicted molar refractivity (Wildman–Crippen MR) is 137 cm³/mol. The lowest BCUT2D eigenvalue weighted by atomic mass is 10.1. The van der Waals surface area contributed by atoms with E-state index in [9.17, 15) is 24.3 Å². The number of carbonyl (C=O) groups is 4. The summed E-state index contributed by atoms with van der Waals surface area (Å²) in [7, 11) is 4.25. The first-order valence-corrected chi connectivity index (χ1v) is 11.6. The van der Waals surface area contributed by atoms with Gasteiger partial charge in [-0.1, -0.05) is 30.3 Å². The molecule has 2 N–H and O–H groups in total. The quantitative estimate of drug-likeness (QED) is 0.331. The molecule has 3 aromatic carbocycles. The number of aliphatic carboxylic acids is 1. The number of rotatable bonds is 12. The van der Waals surface area contributed by atoms with E-state index in [-0.39, 0.29) is 17.7 Å². The van der Waals surface area contributed by atoms with Crippen molar-refractivity contribution >= 4 is 23.8 Å². The van der Waals surface area contributed by atoms with Crippen molar-refractivity contribution in [2.45, 2.75) is 18.8 Å². The standard InChI is InChI=1S/C28H27NO10/c1-35-20-11-6-9-17(14-20)27(33)38-23(25(30)29-16-19-8-4-5-13-22(19)37-3)24(26(31)32)39-28(34)18-10-7-12-21(15-18)36-2/h4-15,23-24H,16H2,1-3H3,(H,29,30)(H,31,32)/t23-,24+/m1/s1. The van der Waals surface area contributed by atoms with Crippen LogP contribution >= 0.6 is 0 Å². The van der Waals surface area contributed by atoms with Gasteiger partial charge in [0.15, 0.2) is 0 Å². The van der Waals surface area contributed by atoms with Gasteiger partial charge in [0.05, 0.1) is 32.5 Å². The van der Waals surface area contributed by atoms with Crippen LogP contribution in [-0.4, -0.2) is 62.5 Å². The topological polar surface area (TPSA) is 147 Å². The number of hydrogen-bond donors (Lipinski definition) is 2. The lowest BCUT2D eigenvalue weighted by Gasteiger charge is -2.24. The number of esters is 2. The smallest absolute Gasteiger partial charge is 0.349 e. The van der Waals surface area contributed by atoms with Crippen LogP contribution in [0.4, 0.5) is 0 Å². The predicted octanol–water partition coefficient (Wildman–Crippen LogP) is 2.86. The van der Waals surface area contributed by atoms with Crippen LogP contribution in [-0.2, 0) is 25.6 Å². The molecule has 0 aliphatic heterocycles. The molecule has 0 unspecified atom stereocenters. The number of benzene rings is 3. The molecule has 39 heavy (non-hydrogen) atoms. The van der Waals surface area contributed by atoms with Gasteiger partial charge in [0, 0.05) is 12.1 Å². The van der Waals surface area contributed by atoms with E-state index in [1.165, 1.54) is 57.7 Å². The van der Waals surface area contributed by atoms with E-state index in [0.29, 0.717) is 22.8 Å². The monoisotopic (exact) mass is 537 g/mol. The lowest BCUT2D eigenvalue weighted by Crippen LogP contribution is -2.50. The van der Waals surface area contributed by atoms with Crippen LogP contribution in [0.15, 0.2) is 72.8 Å². The van der Waals surface area contributed by atoms with Gasteiger partial charge in [-0.25, -0.2) is 14.4 Å². The number of ether oxygens (including phenoxy) is 5. The van der Waals surface area contributed by atoms with Gasteiger partial charge in [-0.2, -0.15) is 0 Å². The summed E-state index contributed by atoms with van der Waals surface area (Å²) in [5.41, 5.74) is 0.527. The first kappa shape index (κ1) is 28.5. The molecule has 0 saturated heterocycles.